The minimum Gasteiger partial charge on any atom is -0.298 e. The summed E-state index contributed by atoms with van der Waals surface area (Å²) in [6.45, 7) is 0. The van der Waals surface area contributed by atoms with Crippen LogP contribution in [-0.2, 0) is 11.2 Å². The maximum Gasteiger partial charge on any atom is 0.250 e. The summed E-state index contributed by atoms with van der Waals surface area (Å²) in [5, 5.41) is 4.11. The molecule has 1 aromatic heterocycles. The van der Waals surface area contributed by atoms with E-state index >= 15 is 0 Å². The molecule has 0 spiro atoms. The molecule has 1 heterocycles. The first-order valence-corrected chi connectivity index (χ1v) is 8.62. The van der Waals surface area contributed by atoms with E-state index in [1.807, 2.05) is 54.6 Å². The summed E-state index contributed by atoms with van der Waals surface area (Å²) in [6.07, 6.45) is 5.84. The van der Waals surface area contributed by atoms with Crippen LogP contribution in [0.3, 0.4) is 0 Å². The van der Waals surface area contributed by atoms with Crippen LogP contribution in [0, 0.1) is 0 Å². The zero-order valence-electron chi connectivity index (χ0n) is 12.8. The van der Waals surface area contributed by atoms with Crippen molar-refractivity contribution in [1.29, 1.82) is 0 Å². The molecule has 0 bridgehead atoms. The molecule has 2 aromatic carbocycles. The van der Waals surface area contributed by atoms with Crippen molar-refractivity contribution in [3.8, 4) is 0 Å². The van der Waals surface area contributed by atoms with Gasteiger partial charge in [0.1, 0.15) is 0 Å². The Morgan fingerprint density at radius 1 is 1.12 bits per heavy atom. The number of rotatable bonds is 5. The fraction of sp³-hybridized carbons (Fsp3) is 0.0526. The fourth-order valence-corrected chi connectivity index (χ4v) is 3.11. The minimum absolute atomic E-state index is 0.189. The normalized spacial score (nSPS) is 10.9. The molecule has 0 radical (unpaired) electrons. The van der Waals surface area contributed by atoms with Gasteiger partial charge in [-0.2, -0.15) is 0 Å². The van der Waals surface area contributed by atoms with Crippen molar-refractivity contribution < 1.29 is 4.79 Å². The molecule has 3 rings (SSSR count). The molecule has 1 amide bonds. The first-order valence-electron chi connectivity index (χ1n) is 7.42. The van der Waals surface area contributed by atoms with E-state index in [-0.39, 0.29) is 5.91 Å². The quantitative estimate of drug-likeness (QED) is 0.652. The van der Waals surface area contributed by atoms with Gasteiger partial charge in [0.15, 0.2) is 5.13 Å². The van der Waals surface area contributed by atoms with E-state index in [0.29, 0.717) is 5.13 Å². The summed E-state index contributed by atoms with van der Waals surface area (Å²) in [6, 6.07) is 17.4. The maximum atomic E-state index is 11.9. The van der Waals surface area contributed by atoms with E-state index < -0.39 is 0 Å². The van der Waals surface area contributed by atoms with Crippen LogP contribution in [0.4, 0.5) is 5.13 Å². The standard InChI is InChI=1S/C19H15ClN2OS/c20-16-9-6-15(7-10-16)12-17-13-21-19(24-17)22-18(23)11-8-14-4-2-1-3-5-14/h1-11,13H,12H2,(H,21,22,23). The number of nitrogens with one attached hydrogen (secondary N) is 1. The number of amides is 1. The van der Waals surface area contributed by atoms with Crippen molar-refractivity contribution in [1.82, 2.24) is 4.98 Å². The van der Waals surface area contributed by atoms with Gasteiger partial charge >= 0.3 is 0 Å². The summed E-state index contributed by atoms with van der Waals surface area (Å²) in [7, 11) is 0. The van der Waals surface area contributed by atoms with Crippen molar-refractivity contribution in [2.24, 2.45) is 0 Å². The molecule has 0 fully saturated rings. The average molecular weight is 355 g/mol. The third-order valence-corrected chi connectivity index (χ3v) is 4.47. The lowest BCUT2D eigenvalue weighted by atomic mass is 10.1. The van der Waals surface area contributed by atoms with Crippen LogP contribution in [0.15, 0.2) is 66.9 Å². The van der Waals surface area contributed by atoms with Crippen molar-refractivity contribution in [3.05, 3.63) is 87.9 Å². The molecule has 1 N–H and O–H groups in total. The van der Waals surface area contributed by atoms with E-state index in [9.17, 15) is 4.79 Å². The number of carbonyl (C=O) groups excluding carboxylic acids is 1. The second-order valence-corrected chi connectivity index (χ2v) is 6.72. The molecule has 0 aliphatic heterocycles. The van der Waals surface area contributed by atoms with E-state index in [4.69, 9.17) is 11.6 Å². The zero-order chi connectivity index (χ0) is 16.8. The van der Waals surface area contributed by atoms with Crippen molar-refractivity contribution in [3.63, 3.8) is 0 Å². The Balaban J connectivity index is 1.58. The lowest BCUT2D eigenvalue weighted by Gasteiger charge is -1.98. The van der Waals surface area contributed by atoms with Crippen LogP contribution in [-0.4, -0.2) is 10.9 Å². The van der Waals surface area contributed by atoms with Crippen LogP contribution in [0.1, 0.15) is 16.0 Å². The molecule has 0 aliphatic rings. The van der Waals surface area contributed by atoms with E-state index in [1.165, 1.54) is 17.4 Å². The topological polar surface area (TPSA) is 42.0 Å². The number of carbonyl (C=O) groups is 1. The SMILES string of the molecule is O=C(C=Cc1ccccc1)Nc1ncc(Cc2ccc(Cl)cc2)s1. The predicted molar refractivity (Wildman–Crippen MR) is 100 cm³/mol. The zero-order valence-corrected chi connectivity index (χ0v) is 14.3. The number of benzene rings is 2. The molecule has 120 valence electrons. The number of halogens is 1. The Bertz CT molecular complexity index is 841. The molecule has 0 unspecified atom stereocenters. The Labute approximate surface area is 149 Å². The average Bonchev–Trinajstić information content (AvgIpc) is 3.03. The number of anilines is 1. The van der Waals surface area contributed by atoms with E-state index in [2.05, 4.69) is 10.3 Å². The van der Waals surface area contributed by atoms with Gasteiger partial charge in [0.2, 0.25) is 5.91 Å². The second-order valence-electron chi connectivity index (χ2n) is 5.17. The number of hydrogen-bond acceptors (Lipinski definition) is 3. The van der Waals surface area contributed by atoms with Gasteiger partial charge in [0, 0.05) is 28.6 Å². The molecule has 5 heteroatoms. The lowest BCUT2D eigenvalue weighted by Crippen LogP contribution is -2.06. The van der Waals surface area contributed by atoms with Gasteiger partial charge in [-0.25, -0.2) is 4.98 Å². The fourth-order valence-electron chi connectivity index (χ4n) is 2.13. The van der Waals surface area contributed by atoms with Gasteiger partial charge in [0.05, 0.1) is 0 Å². The van der Waals surface area contributed by atoms with Crippen LogP contribution in [0.5, 0.6) is 0 Å². The van der Waals surface area contributed by atoms with Crippen LogP contribution >= 0.6 is 22.9 Å². The Morgan fingerprint density at radius 2 is 1.88 bits per heavy atom. The molecule has 0 atom stereocenters. The van der Waals surface area contributed by atoms with Gasteiger partial charge in [0.25, 0.3) is 0 Å². The highest BCUT2D eigenvalue weighted by Crippen LogP contribution is 2.22. The number of nitrogens with zero attached hydrogens (tertiary/aromatic N) is 1. The Hall–Kier alpha value is -2.43. The minimum atomic E-state index is -0.189. The summed E-state index contributed by atoms with van der Waals surface area (Å²) in [5.41, 5.74) is 2.14. The Morgan fingerprint density at radius 3 is 2.62 bits per heavy atom. The van der Waals surface area contributed by atoms with Crippen LogP contribution in [0.25, 0.3) is 6.08 Å². The van der Waals surface area contributed by atoms with Gasteiger partial charge in [-0.05, 0) is 29.3 Å². The summed E-state index contributed by atoms with van der Waals surface area (Å²) >= 11 is 7.36. The third kappa shape index (κ3) is 4.78. The lowest BCUT2D eigenvalue weighted by molar-refractivity contribution is -0.111. The molecule has 0 saturated carbocycles. The monoisotopic (exact) mass is 354 g/mol. The first-order chi connectivity index (χ1) is 11.7. The number of hydrogen-bond donors (Lipinski definition) is 1. The van der Waals surface area contributed by atoms with Gasteiger partial charge < -0.3 is 0 Å². The van der Waals surface area contributed by atoms with E-state index in [1.54, 1.807) is 12.3 Å². The summed E-state index contributed by atoms with van der Waals surface area (Å²) in [4.78, 5) is 17.3. The predicted octanol–water partition coefficient (Wildman–Crippen LogP) is 5.04. The number of aromatic nitrogens is 1. The van der Waals surface area contributed by atoms with Crippen molar-refractivity contribution >= 4 is 40.1 Å². The highest BCUT2D eigenvalue weighted by Gasteiger charge is 2.05. The number of thiazole rings is 1. The molecule has 0 saturated heterocycles. The maximum absolute atomic E-state index is 11.9. The molecule has 0 aliphatic carbocycles. The Kier molecular flexibility index (Phi) is 5.41. The smallest absolute Gasteiger partial charge is 0.250 e. The molecule has 24 heavy (non-hydrogen) atoms. The molecular weight excluding hydrogens is 340 g/mol. The van der Waals surface area contributed by atoms with Crippen molar-refractivity contribution in [2.75, 3.05) is 5.32 Å². The van der Waals surface area contributed by atoms with Crippen LogP contribution in [0.2, 0.25) is 5.02 Å². The first kappa shape index (κ1) is 16.4. The highest BCUT2D eigenvalue weighted by molar-refractivity contribution is 7.15. The second kappa shape index (κ2) is 7.90. The molecular formula is C19H15ClN2OS. The van der Waals surface area contributed by atoms with Gasteiger partial charge in [-0.15, -0.1) is 11.3 Å². The van der Waals surface area contributed by atoms with Crippen molar-refractivity contribution in [2.45, 2.75) is 6.42 Å². The largest absolute Gasteiger partial charge is 0.298 e. The highest BCUT2D eigenvalue weighted by atomic mass is 35.5. The summed E-state index contributed by atoms with van der Waals surface area (Å²) in [5.74, 6) is -0.189. The summed E-state index contributed by atoms with van der Waals surface area (Å²) < 4.78 is 0. The molecule has 3 aromatic rings. The van der Waals surface area contributed by atoms with Crippen LogP contribution < -0.4 is 5.32 Å². The van der Waals surface area contributed by atoms with Gasteiger partial charge in [-0.3, -0.25) is 10.1 Å². The van der Waals surface area contributed by atoms with E-state index in [0.717, 1.165) is 27.4 Å². The van der Waals surface area contributed by atoms with Gasteiger partial charge in [-0.1, -0.05) is 54.1 Å². The molecule has 3 nitrogen and oxygen atoms in total. The third-order valence-electron chi connectivity index (χ3n) is 3.30.